The quantitative estimate of drug-likeness (QED) is 0.233. The van der Waals surface area contributed by atoms with Crippen LogP contribution in [0.3, 0.4) is 0 Å². The van der Waals surface area contributed by atoms with Crippen LogP contribution in [0.2, 0.25) is 0 Å². The zero-order chi connectivity index (χ0) is 25.3. The number of benzene rings is 5. The Balaban J connectivity index is 1.53. The van der Waals surface area contributed by atoms with Gasteiger partial charge in [-0.05, 0) is 51.9 Å². The summed E-state index contributed by atoms with van der Waals surface area (Å²) in [4.78, 5) is 9.77. The number of hydrogen-bond acceptors (Lipinski definition) is 2. The summed E-state index contributed by atoms with van der Waals surface area (Å²) in [5.74, 6) is 0. The molecular formula is C36H24N2. The van der Waals surface area contributed by atoms with Crippen LogP contribution in [0.25, 0.3) is 66.4 Å². The van der Waals surface area contributed by atoms with Crippen LogP contribution in [-0.2, 0) is 0 Å². The maximum Gasteiger partial charge on any atom is 0.0794 e. The second kappa shape index (κ2) is 9.42. The Morgan fingerprint density at radius 3 is 1.63 bits per heavy atom. The number of nitrogens with zero attached hydrogens (tertiary/aromatic N) is 2. The van der Waals surface area contributed by atoms with Gasteiger partial charge in [-0.2, -0.15) is 0 Å². The molecule has 0 N–H and O–H groups in total. The normalized spacial score (nSPS) is 11.2. The van der Waals surface area contributed by atoms with Gasteiger partial charge >= 0.3 is 0 Å². The molecule has 0 aliphatic heterocycles. The van der Waals surface area contributed by atoms with Crippen molar-refractivity contribution in [2.24, 2.45) is 0 Å². The summed E-state index contributed by atoms with van der Waals surface area (Å²) in [5.41, 5.74) is 9.92. The van der Waals surface area contributed by atoms with Crippen molar-refractivity contribution in [3.63, 3.8) is 0 Å². The highest BCUT2D eigenvalue weighted by atomic mass is 14.7. The molecule has 0 bridgehead atoms. The number of fused-ring (bicyclic) bond motifs is 3. The highest BCUT2D eigenvalue weighted by molar-refractivity contribution is 6.16. The van der Waals surface area contributed by atoms with Gasteiger partial charge in [0.15, 0.2) is 0 Å². The number of aromatic nitrogens is 2. The molecule has 0 atom stereocenters. The van der Waals surface area contributed by atoms with Crippen molar-refractivity contribution in [1.82, 2.24) is 9.97 Å². The van der Waals surface area contributed by atoms with Crippen molar-refractivity contribution in [1.29, 1.82) is 0 Å². The minimum atomic E-state index is 0.972. The summed E-state index contributed by atoms with van der Waals surface area (Å²) in [5, 5.41) is 3.51. The fraction of sp³-hybridized carbons (Fsp3) is 0. The van der Waals surface area contributed by atoms with E-state index >= 15 is 0 Å². The van der Waals surface area contributed by atoms with E-state index in [1.54, 1.807) is 0 Å². The number of hydrogen-bond donors (Lipinski definition) is 0. The highest BCUT2D eigenvalue weighted by Crippen LogP contribution is 2.40. The van der Waals surface area contributed by atoms with Gasteiger partial charge in [-0.3, -0.25) is 4.98 Å². The molecule has 178 valence electrons. The largest absolute Gasteiger partial charge is 0.256 e. The lowest BCUT2D eigenvalue weighted by atomic mass is 9.91. The standard InChI is InChI=1S/C36H24N2/c1-3-11-25(12-4-1)31-23-33-32(26-18-20-28(21-19-26)34-17-9-10-22-37-34)24-35(27-13-5-2-6-14-27)38-36(33)30-16-8-7-15-29(30)31/h1-24H. The lowest BCUT2D eigenvalue weighted by Gasteiger charge is -2.16. The van der Waals surface area contributed by atoms with Crippen LogP contribution in [0.5, 0.6) is 0 Å². The van der Waals surface area contributed by atoms with E-state index in [2.05, 4.69) is 120 Å². The molecule has 0 fully saturated rings. The van der Waals surface area contributed by atoms with Crippen LogP contribution in [0, 0.1) is 0 Å². The average Bonchev–Trinajstić information content (AvgIpc) is 3.01. The summed E-state index contributed by atoms with van der Waals surface area (Å²) in [6.45, 7) is 0. The Bertz CT molecular complexity index is 1880. The Kier molecular flexibility index (Phi) is 5.49. The van der Waals surface area contributed by atoms with Gasteiger partial charge in [-0.15, -0.1) is 0 Å². The van der Waals surface area contributed by atoms with Crippen molar-refractivity contribution >= 4 is 21.7 Å². The van der Waals surface area contributed by atoms with E-state index < -0.39 is 0 Å². The lowest BCUT2D eigenvalue weighted by molar-refractivity contribution is 1.33. The average molecular weight is 485 g/mol. The predicted molar refractivity (Wildman–Crippen MR) is 159 cm³/mol. The second-order valence-corrected chi connectivity index (χ2v) is 9.45. The second-order valence-electron chi connectivity index (χ2n) is 9.45. The van der Waals surface area contributed by atoms with Crippen LogP contribution >= 0.6 is 0 Å². The number of pyridine rings is 2. The monoisotopic (exact) mass is 484 g/mol. The maximum absolute atomic E-state index is 5.25. The Labute approximate surface area is 221 Å². The zero-order valence-electron chi connectivity index (χ0n) is 20.8. The van der Waals surface area contributed by atoms with Crippen LogP contribution in [0.4, 0.5) is 0 Å². The fourth-order valence-electron chi connectivity index (χ4n) is 5.26. The molecule has 0 saturated heterocycles. The topological polar surface area (TPSA) is 25.8 Å². The van der Waals surface area contributed by atoms with E-state index in [9.17, 15) is 0 Å². The molecular weight excluding hydrogens is 460 g/mol. The van der Waals surface area contributed by atoms with Gasteiger partial charge in [0, 0.05) is 28.1 Å². The van der Waals surface area contributed by atoms with E-state index in [-0.39, 0.29) is 0 Å². The minimum Gasteiger partial charge on any atom is -0.256 e. The molecule has 0 radical (unpaired) electrons. The first-order valence-corrected chi connectivity index (χ1v) is 12.8. The third kappa shape index (κ3) is 3.93. The van der Waals surface area contributed by atoms with E-state index in [4.69, 9.17) is 4.98 Å². The first-order chi connectivity index (χ1) is 18.8. The summed E-state index contributed by atoms with van der Waals surface area (Å²) >= 11 is 0. The third-order valence-electron chi connectivity index (χ3n) is 7.13. The molecule has 7 rings (SSSR count). The third-order valence-corrected chi connectivity index (χ3v) is 7.13. The van der Waals surface area contributed by atoms with Crippen molar-refractivity contribution in [3.05, 3.63) is 146 Å². The molecule has 0 aliphatic rings. The van der Waals surface area contributed by atoms with Gasteiger partial charge in [-0.1, -0.05) is 115 Å². The van der Waals surface area contributed by atoms with Gasteiger partial charge in [0.1, 0.15) is 0 Å². The van der Waals surface area contributed by atoms with Gasteiger partial charge in [0.05, 0.1) is 16.9 Å². The van der Waals surface area contributed by atoms with Gasteiger partial charge in [0.25, 0.3) is 0 Å². The van der Waals surface area contributed by atoms with E-state index in [1.165, 1.54) is 22.1 Å². The number of rotatable bonds is 4. The molecule has 0 spiro atoms. The molecule has 2 aromatic heterocycles. The zero-order valence-corrected chi connectivity index (χ0v) is 20.8. The van der Waals surface area contributed by atoms with Crippen molar-refractivity contribution in [3.8, 4) is 44.8 Å². The SMILES string of the molecule is c1ccc(-c2cc(-c3ccc(-c4ccccn4)cc3)c3cc(-c4ccccc4)c4ccccc4c3n2)cc1. The summed E-state index contributed by atoms with van der Waals surface area (Å²) < 4.78 is 0. The van der Waals surface area contributed by atoms with E-state index in [0.29, 0.717) is 0 Å². The minimum absolute atomic E-state index is 0.972. The Morgan fingerprint density at radius 1 is 0.368 bits per heavy atom. The van der Waals surface area contributed by atoms with Crippen LogP contribution in [0.1, 0.15) is 0 Å². The van der Waals surface area contributed by atoms with Crippen molar-refractivity contribution < 1.29 is 0 Å². The van der Waals surface area contributed by atoms with Crippen molar-refractivity contribution in [2.45, 2.75) is 0 Å². The van der Waals surface area contributed by atoms with Crippen LogP contribution in [-0.4, -0.2) is 9.97 Å². The molecule has 38 heavy (non-hydrogen) atoms. The lowest BCUT2D eigenvalue weighted by Crippen LogP contribution is -1.93. The molecule has 0 unspecified atom stereocenters. The highest BCUT2D eigenvalue weighted by Gasteiger charge is 2.16. The Hall–Kier alpha value is -5.08. The summed E-state index contributed by atoms with van der Waals surface area (Å²) in [7, 11) is 0. The van der Waals surface area contributed by atoms with E-state index in [0.717, 1.165) is 44.4 Å². The summed E-state index contributed by atoms with van der Waals surface area (Å²) in [6.07, 6.45) is 1.84. The molecule has 2 nitrogen and oxygen atoms in total. The van der Waals surface area contributed by atoms with Gasteiger partial charge < -0.3 is 0 Å². The van der Waals surface area contributed by atoms with Crippen molar-refractivity contribution in [2.75, 3.05) is 0 Å². The molecule has 0 aliphatic carbocycles. The predicted octanol–water partition coefficient (Wildman–Crippen LogP) is 9.45. The Morgan fingerprint density at radius 2 is 0.921 bits per heavy atom. The van der Waals surface area contributed by atoms with Gasteiger partial charge in [-0.25, -0.2) is 4.98 Å². The van der Waals surface area contributed by atoms with Gasteiger partial charge in [0.2, 0.25) is 0 Å². The molecule has 0 amide bonds. The smallest absolute Gasteiger partial charge is 0.0794 e. The summed E-state index contributed by atoms with van der Waals surface area (Å²) in [6, 6.07) is 49.0. The molecule has 2 heterocycles. The molecule has 5 aromatic carbocycles. The molecule has 0 saturated carbocycles. The first kappa shape index (κ1) is 22.1. The van der Waals surface area contributed by atoms with Crippen LogP contribution in [0.15, 0.2) is 146 Å². The maximum atomic E-state index is 5.25. The fourth-order valence-corrected chi connectivity index (χ4v) is 5.26. The van der Waals surface area contributed by atoms with Crippen LogP contribution < -0.4 is 0 Å². The molecule has 7 aromatic rings. The van der Waals surface area contributed by atoms with E-state index in [1.807, 2.05) is 30.5 Å². The molecule has 2 heteroatoms. The first-order valence-electron chi connectivity index (χ1n) is 12.8.